The summed E-state index contributed by atoms with van der Waals surface area (Å²) >= 11 is 0. The van der Waals surface area contributed by atoms with Gasteiger partial charge in [-0.3, -0.25) is 14.6 Å². The molecular weight excluding hydrogens is 444 g/mol. The van der Waals surface area contributed by atoms with Crippen LogP contribution in [0.1, 0.15) is 33.1 Å². The van der Waals surface area contributed by atoms with Crippen LogP contribution in [0.15, 0.2) is 71.3 Å². The van der Waals surface area contributed by atoms with E-state index in [1.807, 2.05) is 37.3 Å². The zero-order chi connectivity index (χ0) is 24.8. The predicted molar refractivity (Wildman–Crippen MR) is 132 cm³/mol. The molecule has 0 aliphatic heterocycles. The first-order valence-corrected chi connectivity index (χ1v) is 11.1. The summed E-state index contributed by atoms with van der Waals surface area (Å²) in [5.74, 6) is 1.13. The van der Waals surface area contributed by atoms with E-state index in [9.17, 15) is 9.59 Å². The van der Waals surface area contributed by atoms with Crippen LogP contribution in [-0.2, 0) is 11.3 Å². The average molecular weight is 471 g/mol. The van der Waals surface area contributed by atoms with Gasteiger partial charge in [-0.05, 0) is 63.2 Å². The highest BCUT2D eigenvalue weighted by molar-refractivity contribution is 5.95. The molecule has 0 radical (unpaired) electrons. The van der Waals surface area contributed by atoms with Crippen molar-refractivity contribution in [3.8, 4) is 17.2 Å². The van der Waals surface area contributed by atoms with Gasteiger partial charge in [-0.15, -0.1) is 0 Å². The topological polar surface area (TPSA) is 106 Å². The first-order valence-electron chi connectivity index (χ1n) is 11.1. The molecule has 0 atom stereocenters. The van der Waals surface area contributed by atoms with Crippen LogP contribution in [0.25, 0.3) is 11.5 Å². The number of hydrogen-bond donors (Lipinski definition) is 2. The minimum absolute atomic E-state index is 0.106. The predicted octanol–water partition coefficient (Wildman–Crippen LogP) is 4.61. The molecule has 4 rings (SSSR count). The quantitative estimate of drug-likeness (QED) is 0.390. The van der Waals surface area contributed by atoms with Crippen LogP contribution >= 0.6 is 0 Å². The van der Waals surface area contributed by atoms with Crippen LogP contribution in [0.5, 0.6) is 5.75 Å². The lowest BCUT2D eigenvalue weighted by Gasteiger charge is -2.08. The molecule has 2 N–H and O–H groups in total. The third-order valence-electron chi connectivity index (χ3n) is 5.34. The molecule has 4 aromatic rings. The molecule has 178 valence electrons. The molecule has 2 aromatic heterocycles. The van der Waals surface area contributed by atoms with Crippen molar-refractivity contribution in [2.45, 2.75) is 27.3 Å². The van der Waals surface area contributed by atoms with Crippen LogP contribution in [-0.4, -0.2) is 28.4 Å². The summed E-state index contributed by atoms with van der Waals surface area (Å²) in [4.78, 5) is 33.5. The number of hydrogen-bond acceptors (Lipinski definition) is 6. The zero-order valence-corrected chi connectivity index (χ0v) is 19.8. The van der Waals surface area contributed by atoms with E-state index in [0.717, 1.165) is 5.56 Å². The Morgan fingerprint density at radius 1 is 1.00 bits per heavy atom. The van der Waals surface area contributed by atoms with Crippen LogP contribution in [0.2, 0.25) is 0 Å². The Hall–Kier alpha value is -4.46. The van der Waals surface area contributed by atoms with Gasteiger partial charge in [0, 0.05) is 23.1 Å². The highest BCUT2D eigenvalue weighted by Gasteiger charge is 2.15. The Labute approximate surface area is 203 Å². The summed E-state index contributed by atoms with van der Waals surface area (Å²) < 4.78 is 11.4. The number of nitrogens with zero attached hydrogens (tertiary/aromatic N) is 2. The van der Waals surface area contributed by atoms with Crippen molar-refractivity contribution < 1.29 is 18.7 Å². The Bertz CT molecular complexity index is 1350. The lowest BCUT2D eigenvalue weighted by Crippen LogP contribution is -2.24. The molecule has 0 saturated heterocycles. The van der Waals surface area contributed by atoms with E-state index in [1.54, 1.807) is 50.4 Å². The van der Waals surface area contributed by atoms with E-state index in [0.29, 0.717) is 45.6 Å². The number of benzene rings is 2. The van der Waals surface area contributed by atoms with Crippen LogP contribution in [0.4, 0.5) is 5.69 Å². The number of carbonyl (C=O) groups is 2. The van der Waals surface area contributed by atoms with Crippen molar-refractivity contribution in [3.05, 3.63) is 95.1 Å². The van der Waals surface area contributed by atoms with E-state index < -0.39 is 0 Å². The van der Waals surface area contributed by atoms with E-state index in [1.165, 1.54) is 0 Å². The van der Waals surface area contributed by atoms with Gasteiger partial charge in [-0.2, -0.15) is 0 Å². The molecule has 0 spiro atoms. The normalized spacial score (nSPS) is 10.6. The van der Waals surface area contributed by atoms with Crippen LogP contribution < -0.4 is 15.4 Å². The van der Waals surface area contributed by atoms with E-state index >= 15 is 0 Å². The fourth-order valence-corrected chi connectivity index (χ4v) is 3.41. The summed E-state index contributed by atoms with van der Waals surface area (Å²) in [6.45, 7) is 5.68. The van der Waals surface area contributed by atoms with Crippen molar-refractivity contribution >= 4 is 17.5 Å². The number of oxazole rings is 1. The first kappa shape index (κ1) is 23.7. The number of nitrogens with one attached hydrogen (secondary N) is 2. The fraction of sp³-hybridized carbons (Fsp3) is 0.185. The molecule has 0 aliphatic carbocycles. The summed E-state index contributed by atoms with van der Waals surface area (Å²) in [7, 11) is 0. The highest BCUT2D eigenvalue weighted by Crippen LogP contribution is 2.24. The van der Waals surface area contributed by atoms with Crippen molar-refractivity contribution in [2.24, 2.45) is 0 Å². The lowest BCUT2D eigenvalue weighted by molar-refractivity contribution is -0.118. The molecule has 2 amide bonds. The second-order valence-corrected chi connectivity index (χ2v) is 8.07. The van der Waals surface area contributed by atoms with Gasteiger partial charge >= 0.3 is 0 Å². The Balaban J connectivity index is 1.37. The molecule has 0 bridgehead atoms. The number of anilines is 1. The molecule has 8 nitrogen and oxygen atoms in total. The monoisotopic (exact) mass is 470 g/mol. The van der Waals surface area contributed by atoms with Gasteiger partial charge in [0.1, 0.15) is 17.2 Å². The molecular formula is C27H26N4O4. The standard InChI is InChI=1S/C27H26N4O4/c1-17-9-11-22(12-10-17)34-16-25(32)30-21-7-4-6-20(14-21)27-31-24(19(3)35-27)15-29-26(33)23-8-5-13-28-18(23)2/h4-14H,15-16H2,1-3H3,(H,29,33)(H,30,32). The smallest absolute Gasteiger partial charge is 0.262 e. The van der Waals surface area contributed by atoms with Gasteiger partial charge in [0.25, 0.3) is 11.8 Å². The van der Waals surface area contributed by atoms with Gasteiger partial charge < -0.3 is 19.8 Å². The maximum Gasteiger partial charge on any atom is 0.262 e. The first-order chi connectivity index (χ1) is 16.9. The second kappa shape index (κ2) is 10.6. The molecule has 8 heteroatoms. The molecule has 2 aromatic carbocycles. The van der Waals surface area contributed by atoms with Gasteiger partial charge in [-0.1, -0.05) is 23.8 Å². The zero-order valence-electron chi connectivity index (χ0n) is 19.8. The minimum atomic E-state index is -0.277. The van der Waals surface area contributed by atoms with Gasteiger partial charge in [0.05, 0.1) is 12.1 Å². The summed E-state index contributed by atoms with van der Waals surface area (Å²) in [5, 5.41) is 5.68. The molecule has 0 unspecified atom stereocenters. The number of carbonyl (C=O) groups excluding carboxylic acids is 2. The number of amides is 2. The summed E-state index contributed by atoms with van der Waals surface area (Å²) in [6, 6.07) is 18.1. The third kappa shape index (κ3) is 6.11. The number of pyridine rings is 1. The Kier molecular flexibility index (Phi) is 7.21. The fourth-order valence-electron chi connectivity index (χ4n) is 3.41. The molecule has 0 aliphatic rings. The van der Waals surface area contributed by atoms with Gasteiger partial charge in [-0.25, -0.2) is 4.98 Å². The molecule has 35 heavy (non-hydrogen) atoms. The molecule has 0 saturated carbocycles. The number of aromatic nitrogens is 2. The largest absolute Gasteiger partial charge is 0.484 e. The third-order valence-corrected chi connectivity index (χ3v) is 5.34. The van der Waals surface area contributed by atoms with E-state index in [2.05, 4.69) is 20.6 Å². The van der Waals surface area contributed by atoms with Crippen LogP contribution in [0, 0.1) is 20.8 Å². The number of rotatable bonds is 8. The summed E-state index contributed by atoms with van der Waals surface area (Å²) in [6.07, 6.45) is 1.65. The number of aryl methyl sites for hydroxylation is 3. The van der Waals surface area contributed by atoms with E-state index in [-0.39, 0.29) is 25.0 Å². The maximum atomic E-state index is 12.5. The van der Waals surface area contributed by atoms with Crippen LogP contribution in [0.3, 0.4) is 0 Å². The summed E-state index contributed by atoms with van der Waals surface area (Å²) in [5.41, 5.74) is 4.21. The van der Waals surface area contributed by atoms with Gasteiger partial charge in [0.2, 0.25) is 5.89 Å². The Morgan fingerprint density at radius 2 is 1.80 bits per heavy atom. The van der Waals surface area contributed by atoms with Crippen molar-refractivity contribution in [2.75, 3.05) is 11.9 Å². The highest BCUT2D eigenvalue weighted by atomic mass is 16.5. The van der Waals surface area contributed by atoms with E-state index in [4.69, 9.17) is 9.15 Å². The minimum Gasteiger partial charge on any atom is -0.484 e. The van der Waals surface area contributed by atoms with Crippen molar-refractivity contribution in [1.82, 2.24) is 15.3 Å². The lowest BCUT2D eigenvalue weighted by atomic mass is 10.2. The molecule has 2 heterocycles. The maximum absolute atomic E-state index is 12.5. The average Bonchev–Trinajstić information content (AvgIpc) is 3.23. The SMILES string of the molecule is Cc1ccc(OCC(=O)Nc2cccc(-c3nc(CNC(=O)c4cccnc4C)c(C)o3)c2)cc1. The molecule has 0 fully saturated rings. The van der Waals surface area contributed by atoms with Gasteiger partial charge in [0.15, 0.2) is 6.61 Å². The number of ether oxygens (including phenoxy) is 1. The second-order valence-electron chi connectivity index (χ2n) is 8.07. The van der Waals surface area contributed by atoms with Crippen molar-refractivity contribution in [3.63, 3.8) is 0 Å². The Morgan fingerprint density at radius 3 is 2.57 bits per heavy atom. The van der Waals surface area contributed by atoms with Crippen molar-refractivity contribution in [1.29, 1.82) is 0 Å².